The average molecular weight is 421 g/mol. The number of halogens is 1. The normalized spacial score (nSPS) is 15.2. The Bertz CT molecular complexity index is 979. The summed E-state index contributed by atoms with van der Waals surface area (Å²) in [5.41, 5.74) is 2.74. The third kappa shape index (κ3) is 5.58. The molecule has 0 N–H and O–H groups in total. The quantitative estimate of drug-likeness (QED) is 0.579. The van der Waals surface area contributed by atoms with Crippen molar-refractivity contribution in [1.82, 2.24) is 19.4 Å². The van der Waals surface area contributed by atoms with Gasteiger partial charge in [0, 0.05) is 43.8 Å². The molecule has 2 aromatic carbocycles. The molecule has 0 unspecified atom stereocenters. The molecule has 1 aromatic heterocycles. The Labute approximate surface area is 183 Å². The maximum atomic E-state index is 13.3. The Morgan fingerprint density at radius 3 is 2.61 bits per heavy atom. The van der Waals surface area contributed by atoms with Crippen LogP contribution >= 0.6 is 0 Å². The van der Waals surface area contributed by atoms with Crippen molar-refractivity contribution in [2.75, 3.05) is 33.2 Å². The van der Waals surface area contributed by atoms with Crippen molar-refractivity contribution in [3.63, 3.8) is 0 Å². The first-order chi connectivity index (χ1) is 15.1. The number of likely N-dealkylation sites (tertiary alicyclic amines) is 1. The number of carbonyl (C=O) groups excluding carboxylic acids is 1. The molecule has 1 aliphatic rings. The molecule has 31 heavy (non-hydrogen) atoms. The zero-order chi connectivity index (χ0) is 21.6. The Morgan fingerprint density at radius 1 is 1.16 bits per heavy atom. The van der Waals surface area contributed by atoms with Gasteiger partial charge in [-0.3, -0.25) is 4.79 Å². The number of hydrogen-bond acceptors (Lipinski definition) is 3. The van der Waals surface area contributed by atoms with Crippen molar-refractivity contribution < 1.29 is 9.18 Å². The summed E-state index contributed by atoms with van der Waals surface area (Å²) in [6, 6.07) is 14.5. The van der Waals surface area contributed by atoms with Gasteiger partial charge in [-0.15, -0.1) is 0 Å². The molecule has 0 radical (unpaired) electrons. The molecular formula is C25H29FN4O. The summed E-state index contributed by atoms with van der Waals surface area (Å²) >= 11 is 0. The van der Waals surface area contributed by atoms with E-state index in [9.17, 15) is 9.18 Å². The van der Waals surface area contributed by atoms with Gasteiger partial charge in [0.1, 0.15) is 5.82 Å². The van der Waals surface area contributed by atoms with E-state index >= 15 is 0 Å². The minimum absolute atomic E-state index is 0.0608. The summed E-state index contributed by atoms with van der Waals surface area (Å²) in [4.78, 5) is 21.2. The van der Waals surface area contributed by atoms with E-state index in [1.807, 2.05) is 53.0 Å². The van der Waals surface area contributed by atoms with Crippen LogP contribution in [0.5, 0.6) is 0 Å². The van der Waals surface area contributed by atoms with Gasteiger partial charge in [-0.1, -0.05) is 12.1 Å². The molecule has 2 heterocycles. The molecule has 0 bridgehead atoms. The molecular weight excluding hydrogens is 391 g/mol. The fourth-order valence-corrected chi connectivity index (χ4v) is 4.25. The second kappa shape index (κ2) is 9.88. The number of benzene rings is 2. The van der Waals surface area contributed by atoms with Crippen LogP contribution in [-0.4, -0.2) is 58.5 Å². The van der Waals surface area contributed by atoms with Crippen molar-refractivity contribution in [3.8, 4) is 5.69 Å². The summed E-state index contributed by atoms with van der Waals surface area (Å²) in [6.07, 6.45) is 8.40. The van der Waals surface area contributed by atoms with E-state index in [1.165, 1.54) is 6.07 Å². The summed E-state index contributed by atoms with van der Waals surface area (Å²) in [7, 11) is 1.89. The summed E-state index contributed by atoms with van der Waals surface area (Å²) < 4.78 is 15.2. The van der Waals surface area contributed by atoms with Crippen LogP contribution in [0.15, 0.2) is 67.3 Å². The topological polar surface area (TPSA) is 41.4 Å². The predicted molar refractivity (Wildman–Crippen MR) is 120 cm³/mol. The minimum atomic E-state index is -0.166. The van der Waals surface area contributed by atoms with E-state index in [0.717, 1.165) is 56.7 Å². The van der Waals surface area contributed by atoms with Gasteiger partial charge in [0.25, 0.3) is 5.91 Å². The monoisotopic (exact) mass is 420 g/mol. The molecule has 0 saturated carbocycles. The number of aromatic nitrogens is 2. The summed E-state index contributed by atoms with van der Waals surface area (Å²) in [6.45, 7) is 3.79. The van der Waals surface area contributed by atoms with Crippen LogP contribution in [-0.2, 0) is 6.42 Å². The number of rotatable bonds is 7. The average Bonchev–Trinajstić information content (AvgIpc) is 3.33. The van der Waals surface area contributed by atoms with Crippen LogP contribution in [0.3, 0.4) is 0 Å². The van der Waals surface area contributed by atoms with Crippen LogP contribution < -0.4 is 0 Å². The lowest BCUT2D eigenvalue weighted by Crippen LogP contribution is -2.40. The molecule has 3 aromatic rings. The zero-order valence-electron chi connectivity index (χ0n) is 18.0. The predicted octanol–water partition coefficient (Wildman–Crippen LogP) is 4.04. The number of nitrogens with zero attached hydrogens (tertiary/aromatic N) is 4. The third-order valence-corrected chi connectivity index (χ3v) is 6.11. The van der Waals surface area contributed by atoms with Gasteiger partial charge in [0.2, 0.25) is 0 Å². The molecule has 0 spiro atoms. The molecule has 6 heteroatoms. The smallest absolute Gasteiger partial charge is 0.253 e. The molecule has 162 valence electrons. The van der Waals surface area contributed by atoms with E-state index in [1.54, 1.807) is 24.7 Å². The minimum Gasteiger partial charge on any atom is -0.341 e. The lowest BCUT2D eigenvalue weighted by atomic mass is 9.95. The molecule has 1 saturated heterocycles. The third-order valence-electron chi connectivity index (χ3n) is 6.11. The molecule has 4 rings (SSSR count). The maximum absolute atomic E-state index is 13.3. The summed E-state index contributed by atoms with van der Waals surface area (Å²) in [5, 5.41) is 0. The first-order valence-corrected chi connectivity index (χ1v) is 10.9. The highest BCUT2D eigenvalue weighted by atomic mass is 19.1. The largest absolute Gasteiger partial charge is 0.341 e. The first kappa shape index (κ1) is 21.2. The molecule has 1 amide bonds. The van der Waals surface area contributed by atoms with E-state index in [-0.39, 0.29) is 11.7 Å². The van der Waals surface area contributed by atoms with Gasteiger partial charge in [0.05, 0.1) is 6.33 Å². The van der Waals surface area contributed by atoms with Gasteiger partial charge >= 0.3 is 0 Å². The first-order valence-electron chi connectivity index (χ1n) is 10.9. The second-order valence-electron chi connectivity index (χ2n) is 8.37. The lowest BCUT2D eigenvalue weighted by molar-refractivity contribution is 0.0740. The standard InChI is InChI=1S/C25H29FN4O/c1-28(25(31)22-5-7-24(8-6-22)30-16-12-27-19-30)18-21-10-14-29(15-11-21)13-9-20-3-2-4-23(26)17-20/h2-8,12,16-17,19,21H,9-11,13-15,18H2,1H3. The van der Waals surface area contributed by atoms with Crippen molar-refractivity contribution in [1.29, 1.82) is 0 Å². The Balaban J connectivity index is 1.23. The van der Waals surface area contributed by atoms with E-state index in [0.29, 0.717) is 11.5 Å². The molecule has 0 atom stereocenters. The lowest BCUT2D eigenvalue weighted by Gasteiger charge is -2.34. The fourth-order valence-electron chi connectivity index (χ4n) is 4.25. The van der Waals surface area contributed by atoms with Crippen LogP contribution in [0.2, 0.25) is 0 Å². The van der Waals surface area contributed by atoms with Gasteiger partial charge in [0.15, 0.2) is 0 Å². The Morgan fingerprint density at radius 2 is 1.94 bits per heavy atom. The van der Waals surface area contributed by atoms with Crippen molar-refractivity contribution in [2.24, 2.45) is 5.92 Å². The van der Waals surface area contributed by atoms with E-state index in [4.69, 9.17) is 0 Å². The SMILES string of the molecule is CN(CC1CCN(CCc2cccc(F)c2)CC1)C(=O)c1ccc(-n2ccnc2)cc1. The molecule has 1 aliphatic heterocycles. The second-order valence-corrected chi connectivity index (χ2v) is 8.37. The zero-order valence-corrected chi connectivity index (χ0v) is 18.0. The highest BCUT2D eigenvalue weighted by Gasteiger charge is 2.22. The summed E-state index contributed by atoms with van der Waals surface area (Å²) in [5.74, 6) is 0.413. The Kier molecular flexibility index (Phi) is 6.77. The highest BCUT2D eigenvalue weighted by molar-refractivity contribution is 5.94. The number of hydrogen-bond donors (Lipinski definition) is 0. The van der Waals surface area contributed by atoms with E-state index < -0.39 is 0 Å². The van der Waals surface area contributed by atoms with Gasteiger partial charge in [-0.2, -0.15) is 0 Å². The number of amides is 1. The van der Waals surface area contributed by atoms with Crippen LogP contribution in [0.25, 0.3) is 5.69 Å². The number of imidazole rings is 1. The van der Waals surface area contributed by atoms with Crippen LogP contribution in [0, 0.1) is 11.7 Å². The highest BCUT2D eigenvalue weighted by Crippen LogP contribution is 2.20. The van der Waals surface area contributed by atoms with E-state index in [2.05, 4.69) is 9.88 Å². The fraction of sp³-hybridized carbons (Fsp3) is 0.360. The van der Waals surface area contributed by atoms with Crippen molar-refractivity contribution in [2.45, 2.75) is 19.3 Å². The van der Waals surface area contributed by atoms with Gasteiger partial charge < -0.3 is 14.4 Å². The van der Waals surface area contributed by atoms with Crippen LogP contribution in [0.4, 0.5) is 4.39 Å². The van der Waals surface area contributed by atoms with Gasteiger partial charge in [-0.25, -0.2) is 9.37 Å². The molecule has 5 nitrogen and oxygen atoms in total. The van der Waals surface area contributed by atoms with Crippen molar-refractivity contribution >= 4 is 5.91 Å². The Hall–Kier alpha value is -2.99. The number of carbonyl (C=O) groups is 1. The van der Waals surface area contributed by atoms with Crippen LogP contribution in [0.1, 0.15) is 28.8 Å². The number of piperidine rings is 1. The van der Waals surface area contributed by atoms with Gasteiger partial charge in [-0.05, 0) is 80.2 Å². The molecule has 1 fully saturated rings. The van der Waals surface area contributed by atoms with Crippen molar-refractivity contribution in [3.05, 3.63) is 84.2 Å². The molecule has 0 aliphatic carbocycles. The maximum Gasteiger partial charge on any atom is 0.253 e.